The van der Waals surface area contributed by atoms with Crippen LogP contribution in [0.5, 0.6) is 5.75 Å². The summed E-state index contributed by atoms with van der Waals surface area (Å²) in [6.07, 6.45) is 0.547. The quantitative estimate of drug-likeness (QED) is 0.465. The standard InChI is InChI=1S/C19H26NO2.HI/c1-20(2,14-13-17-9-5-3-6-10-17)15-18(21)16-22-19-11-7-4-8-12-19;/h3-12,18,21H,13-16H2,1-2H3;1H/q+1;/p-1. The second-order valence-electron chi connectivity index (χ2n) is 6.36. The topological polar surface area (TPSA) is 29.5 Å². The minimum atomic E-state index is -0.467. The maximum Gasteiger partial charge on any atom is 0.137 e. The van der Waals surface area contributed by atoms with Gasteiger partial charge in [0.1, 0.15) is 25.0 Å². The molecule has 3 nitrogen and oxygen atoms in total. The predicted octanol–water partition coefficient (Wildman–Crippen LogP) is -0.251. The van der Waals surface area contributed by atoms with Crippen LogP contribution in [0.2, 0.25) is 0 Å². The Kier molecular flexibility index (Phi) is 8.58. The first-order chi connectivity index (χ1) is 10.6. The lowest BCUT2D eigenvalue weighted by Crippen LogP contribution is -3.00. The molecule has 0 aliphatic rings. The van der Waals surface area contributed by atoms with Crippen molar-refractivity contribution in [2.75, 3.05) is 33.8 Å². The Morgan fingerprint density at radius 3 is 2.13 bits per heavy atom. The van der Waals surface area contributed by atoms with Gasteiger partial charge in [-0.15, -0.1) is 0 Å². The lowest BCUT2D eigenvalue weighted by Gasteiger charge is -2.32. The van der Waals surface area contributed by atoms with E-state index in [1.807, 2.05) is 36.4 Å². The molecule has 0 radical (unpaired) electrons. The third-order valence-corrected chi connectivity index (χ3v) is 3.74. The van der Waals surface area contributed by atoms with Gasteiger partial charge in [0.25, 0.3) is 0 Å². The van der Waals surface area contributed by atoms with Gasteiger partial charge in [0.05, 0.1) is 20.6 Å². The van der Waals surface area contributed by atoms with Crippen molar-refractivity contribution in [2.24, 2.45) is 0 Å². The summed E-state index contributed by atoms with van der Waals surface area (Å²) in [6.45, 7) is 2.00. The molecule has 1 unspecified atom stereocenters. The second kappa shape index (κ2) is 9.90. The number of aliphatic hydroxyl groups excluding tert-OH is 1. The zero-order chi connectivity index (χ0) is 15.8. The molecule has 0 spiro atoms. The van der Waals surface area contributed by atoms with Gasteiger partial charge in [0, 0.05) is 6.42 Å². The molecular weight excluding hydrogens is 401 g/mol. The Bertz CT molecular complexity index is 546. The largest absolute Gasteiger partial charge is 1.00 e. The maximum atomic E-state index is 10.2. The Morgan fingerprint density at radius 1 is 0.957 bits per heavy atom. The van der Waals surface area contributed by atoms with E-state index in [1.54, 1.807) is 0 Å². The van der Waals surface area contributed by atoms with Gasteiger partial charge in [-0.3, -0.25) is 0 Å². The number of para-hydroxylation sites is 1. The molecule has 0 aliphatic carbocycles. The van der Waals surface area contributed by atoms with E-state index >= 15 is 0 Å². The zero-order valence-corrected chi connectivity index (χ0v) is 16.0. The van der Waals surface area contributed by atoms with Crippen molar-refractivity contribution in [1.82, 2.24) is 0 Å². The summed E-state index contributed by atoms with van der Waals surface area (Å²) in [6, 6.07) is 20.1. The fourth-order valence-electron chi connectivity index (χ4n) is 2.50. The highest BCUT2D eigenvalue weighted by molar-refractivity contribution is 5.20. The van der Waals surface area contributed by atoms with Crippen LogP contribution in [0.3, 0.4) is 0 Å². The first-order valence-electron chi connectivity index (χ1n) is 7.77. The highest BCUT2D eigenvalue weighted by Gasteiger charge is 2.21. The molecule has 0 saturated carbocycles. The van der Waals surface area contributed by atoms with Crippen LogP contribution in [0.25, 0.3) is 0 Å². The highest BCUT2D eigenvalue weighted by Crippen LogP contribution is 2.10. The number of rotatable bonds is 8. The summed E-state index contributed by atoms with van der Waals surface area (Å²) in [5.74, 6) is 0.802. The number of nitrogens with zero attached hydrogens (tertiary/aromatic N) is 1. The first-order valence-corrected chi connectivity index (χ1v) is 7.77. The Labute approximate surface area is 156 Å². The normalized spacial score (nSPS) is 12.3. The number of hydrogen-bond donors (Lipinski definition) is 1. The molecule has 1 N–H and O–H groups in total. The molecule has 2 aromatic carbocycles. The summed E-state index contributed by atoms with van der Waals surface area (Å²) < 4.78 is 6.39. The predicted molar refractivity (Wildman–Crippen MR) is 89.9 cm³/mol. The van der Waals surface area contributed by atoms with Crippen LogP contribution in [0, 0.1) is 0 Å². The molecule has 126 valence electrons. The van der Waals surface area contributed by atoms with Gasteiger partial charge in [-0.2, -0.15) is 0 Å². The van der Waals surface area contributed by atoms with E-state index in [9.17, 15) is 5.11 Å². The number of ether oxygens (including phenoxy) is 1. The molecule has 0 heterocycles. The van der Waals surface area contributed by atoms with Gasteiger partial charge < -0.3 is 38.3 Å². The van der Waals surface area contributed by atoms with Crippen LogP contribution in [0.4, 0.5) is 0 Å². The fourth-order valence-corrected chi connectivity index (χ4v) is 2.50. The van der Waals surface area contributed by atoms with Crippen molar-refractivity contribution in [2.45, 2.75) is 12.5 Å². The van der Waals surface area contributed by atoms with Crippen molar-refractivity contribution >= 4 is 0 Å². The molecule has 4 heteroatoms. The minimum absolute atomic E-state index is 0. The Morgan fingerprint density at radius 2 is 1.52 bits per heavy atom. The van der Waals surface area contributed by atoms with Crippen molar-refractivity contribution in [1.29, 1.82) is 0 Å². The average Bonchev–Trinajstić information content (AvgIpc) is 2.53. The van der Waals surface area contributed by atoms with E-state index in [1.165, 1.54) is 5.56 Å². The average molecular weight is 427 g/mol. The molecular formula is C19H26INO2. The summed E-state index contributed by atoms with van der Waals surface area (Å²) in [5, 5.41) is 10.2. The van der Waals surface area contributed by atoms with E-state index in [-0.39, 0.29) is 24.0 Å². The molecule has 0 aromatic heterocycles. The van der Waals surface area contributed by atoms with Crippen LogP contribution in [-0.4, -0.2) is 49.5 Å². The van der Waals surface area contributed by atoms with Gasteiger partial charge in [-0.1, -0.05) is 48.5 Å². The van der Waals surface area contributed by atoms with Gasteiger partial charge >= 0.3 is 0 Å². The van der Waals surface area contributed by atoms with Gasteiger partial charge in [0.15, 0.2) is 0 Å². The molecule has 0 amide bonds. The van der Waals surface area contributed by atoms with Crippen LogP contribution < -0.4 is 28.7 Å². The number of quaternary nitrogens is 1. The molecule has 0 bridgehead atoms. The third-order valence-electron chi connectivity index (χ3n) is 3.74. The van der Waals surface area contributed by atoms with E-state index in [0.29, 0.717) is 13.2 Å². The molecule has 2 aromatic rings. The summed E-state index contributed by atoms with van der Waals surface area (Å²) in [4.78, 5) is 0. The number of benzene rings is 2. The molecule has 23 heavy (non-hydrogen) atoms. The molecule has 0 aliphatic heterocycles. The second-order valence-corrected chi connectivity index (χ2v) is 6.36. The van der Waals surface area contributed by atoms with E-state index < -0.39 is 6.10 Å². The molecule has 2 rings (SSSR count). The van der Waals surface area contributed by atoms with E-state index in [2.05, 4.69) is 38.4 Å². The summed E-state index contributed by atoms with van der Waals surface area (Å²) >= 11 is 0. The molecule has 0 fully saturated rings. The van der Waals surface area contributed by atoms with Crippen molar-refractivity contribution in [3.63, 3.8) is 0 Å². The first kappa shape index (κ1) is 19.9. The number of likely N-dealkylation sites (N-methyl/N-ethyl adjacent to an activating group) is 1. The number of halogens is 1. The minimum Gasteiger partial charge on any atom is -1.00 e. The highest BCUT2D eigenvalue weighted by atomic mass is 127. The fraction of sp³-hybridized carbons (Fsp3) is 0.368. The maximum absolute atomic E-state index is 10.2. The van der Waals surface area contributed by atoms with E-state index in [4.69, 9.17) is 4.74 Å². The van der Waals surface area contributed by atoms with Gasteiger partial charge in [0.2, 0.25) is 0 Å². The smallest absolute Gasteiger partial charge is 0.137 e. The lowest BCUT2D eigenvalue weighted by atomic mass is 10.1. The molecule has 0 saturated heterocycles. The van der Waals surface area contributed by atoms with Crippen LogP contribution >= 0.6 is 0 Å². The van der Waals surface area contributed by atoms with E-state index in [0.717, 1.165) is 23.2 Å². The number of aliphatic hydroxyl groups is 1. The zero-order valence-electron chi connectivity index (χ0n) is 13.9. The third kappa shape index (κ3) is 7.81. The van der Waals surface area contributed by atoms with Crippen molar-refractivity contribution in [3.8, 4) is 5.75 Å². The SMILES string of the molecule is C[N+](C)(CCc1ccccc1)CC(O)COc1ccccc1.[I-]. The van der Waals surface area contributed by atoms with Crippen molar-refractivity contribution in [3.05, 3.63) is 66.2 Å². The lowest BCUT2D eigenvalue weighted by molar-refractivity contribution is -0.893. The van der Waals surface area contributed by atoms with Crippen LogP contribution in [0.1, 0.15) is 5.56 Å². The van der Waals surface area contributed by atoms with Crippen molar-refractivity contribution < 1.29 is 38.3 Å². The molecule has 1 atom stereocenters. The van der Waals surface area contributed by atoms with Gasteiger partial charge in [-0.05, 0) is 17.7 Å². The summed E-state index contributed by atoms with van der Waals surface area (Å²) in [7, 11) is 4.29. The summed E-state index contributed by atoms with van der Waals surface area (Å²) in [5.41, 5.74) is 1.34. The number of hydrogen-bond acceptors (Lipinski definition) is 2. The Balaban J connectivity index is 0.00000264. The van der Waals surface area contributed by atoms with Crippen LogP contribution in [-0.2, 0) is 6.42 Å². The monoisotopic (exact) mass is 427 g/mol. The van der Waals surface area contributed by atoms with Gasteiger partial charge in [-0.25, -0.2) is 0 Å². The Hall–Kier alpha value is -1.11. The van der Waals surface area contributed by atoms with Crippen LogP contribution in [0.15, 0.2) is 60.7 Å².